The van der Waals surface area contributed by atoms with E-state index in [4.69, 9.17) is 16.3 Å². The fourth-order valence-electron chi connectivity index (χ4n) is 1.69. The molecule has 0 aliphatic carbocycles. The van der Waals surface area contributed by atoms with E-state index in [1.807, 2.05) is 0 Å². The summed E-state index contributed by atoms with van der Waals surface area (Å²) in [7, 11) is 0. The lowest BCUT2D eigenvalue weighted by molar-refractivity contribution is 0.0918. The van der Waals surface area contributed by atoms with Gasteiger partial charge in [-0.25, -0.2) is 0 Å². The summed E-state index contributed by atoms with van der Waals surface area (Å²) in [6.45, 7) is 1.42. The minimum Gasteiger partial charge on any atom is -0.508 e. The topological polar surface area (TPSA) is 66.8 Å². The minimum absolute atomic E-state index is 0.0604. The molecule has 0 aliphatic heterocycles. The van der Waals surface area contributed by atoms with Gasteiger partial charge in [-0.15, -0.1) is 0 Å². The number of benzene rings is 2. The van der Waals surface area contributed by atoms with Gasteiger partial charge >= 0.3 is 0 Å². The molecule has 0 radical (unpaired) electrons. The lowest BCUT2D eigenvalue weighted by Gasteiger charge is -2.08. The van der Waals surface area contributed by atoms with Gasteiger partial charge in [0.15, 0.2) is 6.61 Å². The Morgan fingerprint density at radius 1 is 1.20 bits per heavy atom. The van der Waals surface area contributed by atoms with Crippen LogP contribution >= 0.6 is 11.6 Å². The molecule has 2 aromatic carbocycles. The zero-order chi connectivity index (χ0) is 14.7. The Balaban J connectivity index is 2.11. The number of hydrogen-bond donors (Lipinski definition) is 2. The second-order valence-electron chi connectivity index (χ2n) is 4.33. The smallest absolute Gasteiger partial charge is 0.203 e. The molecule has 20 heavy (non-hydrogen) atoms. The molecule has 2 aromatic rings. The first-order chi connectivity index (χ1) is 9.47. The van der Waals surface area contributed by atoms with Gasteiger partial charge in [0, 0.05) is 11.1 Å². The van der Waals surface area contributed by atoms with Crippen LogP contribution in [-0.4, -0.2) is 22.6 Å². The molecular formula is C15H13ClO4. The average molecular weight is 293 g/mol. The normalized spacial score (nSPS) is 10.3. The first-order valence-electron chi connectivity index (χ1n) is 5.91. The van der Waals surface area contributed by atoms with Crippen molar-refractivity contribution >= 4 is 17.4 Å². The van der Waals surface area contributed by atoms with Crippen molar-refractivity contribution in [1.29, 1.82) is 0 Å². The van der Waals surface area contributed by atoms with Crippen molar-refractivity contribution in [1.82, 2.24) is 0 Å². The molecule has 2 rings (SSSR count). The Hall–Kier alpha value is -2.20. The van der Waals surface area contributed by atoms with Crippen LogP contribution < -0.4 is 4.74 Å². The van der Waals surface area contributed by atoms with Gasteiger partial charge in [-0.3, -0.25) is 4.79 Å². The first kappa shape index (κ1) is 14.2. The van der Waals surface area contributed by atoms with Gasteiger partial charge in [0.1, 0.15) is 17.2 Å². The molecule has 0 unspecified atom stereocenters. The number of aryl methyl sites for hydroxylation is 1. The van der Waals surface area contributed by atoms with E-state index in [9.17, 15) is 15.0 Å². The standard InChI is InChI=1S/C15H13ClO4/c1-9-5-12(14(18)7-13(9)17)15(19)8-20-11-4-2-3-10(16)6-11/h2-7,17-18H,8H2,1H3. The van der Waals surface area contributed by atoms with Gasteiger partial charge in [-0.2, -0.15) is 0 Å². The summed E-state index contributed by atoms with van der Waals surface area (Å²) in [5, 5.41) is 19.6. The Labute approximate surface area is 121 Å². The average Bonchev–Trinajstić information content (AvgIpc) is 2.40. The van der Waals surface area contributed by atoms with Gasteiger partial charge in [0.25, 0.3) is 0 Å². The van der Waals surface area contributed by atoms with Crippen LogP contribution in [0.15, 0.2) is 36.4 Å². The van der Waals surface area contributed by atoms with Crippen LogP contribution in [0.2, 0.25) is 5.02 Å². The third-order valence-corrected chi connectivity index (χ3v) is 3.02. The number of carbonyl (C=O) groups is 1. The molecule has 0 saturated carbocycles. The highest BCUT2D eigenvalue weighted by molar-refractivity contribution is 6.30. The molecule has 0 saturated heterocycles. The van der Waals surface area contributed by atoms with E-state index >= 15 is 0 Å². The Bertz CT molecular complexity index is 652. The van der Waals surface area contributed by atoms with Gasteiger partial charge in [0.05, 0.1) is 5.56 Å². The molecule has 0 aromatic heterocycles. The molecule has 0 spiro atoms. The Kier molecular flexibility index (Phi) is 4.15. The van der Waals surface area contributed by atoms with Crippen LogP contribution in [0.4, 0.5) is 0 Å². The number of Topliss-reactive ketones (excluding diaryl/α,β-unsaturated/α-hetero) is 1. The van der Waals surface area contributed by atoms with Crippen LogP contribution in [0, 0.1) is 6.92 Å². The summed E-state index contributed by atoms with van der Waals surface area (Å²) in [5.74, 6) is -0.242. The number of aromatic hydroxyl groups is 2. The predicted molar refractivity (Wildman–Crippen MR) is 75.8 cm³/mol. The quantitative estimate of drug-likeness (QED) is 0.848. The third kappa shape index (κ3) is 3.22. The summed E-state index contributed by atoms with van der Waals surface area (Å²) >= 11 is 5.81. The van der Waals surface area contributed by atoms with Gasteiger partial charge < -0.3 is 14.9 Å². The third-order valence-electron chi connectivity index (χ3n) is 2.78. The van der Waals surface area contributed by atoms with Crippen molar-refractivity contribution in [3.8, 4) is 17.2 Å². The van der Waals surface area contributed by atoms with Gasteiger partial charge in [0.2, 0.25) is 5.78 Å². The highest BCUT2D eigenvalue weighted by Crippen LogP contribution is 2.27. The number of ketones is 1. The second-order valence-corrected chi connectivity index (χ2v) is 4.76. The van der Waals surface area contributed by atoms with Crippen LogP contribution in [-0.2, 0) is 0 Å². The number of hydrogen-bond acceptors (Lipinski definition) is 4. The molecule has 104 valence electrons. The minimum atomic E-state index is -0.384. The summed E-state index contributed by atoms with van der Waals surface area (Å²) in [5.41, 5.74) is 0.622. The lowest BCUT2D eigenvalue weighted by Crippen LogP contribution is -2.12. The Morgan fingerprint density at radius 2 is 1.95 bits per heavy atom. The van der Waals surface area contributed by atoms with Crippen molar-refractivity contribution in [2.75, 3.05) is 6.61 Å². The van der Waals surface area contributed by atoms with E-state index in [0.717, 1.165) is 6.07 Å². The molecule has 0 aliphatic rings. The lowest BCUT2D eigenvalue weighted by atomic mass is 10.1. The fraction of sp³-hybridized carbons (Fsp3) is 0.133. The maximum Gasteiger partial charge on any atom is 0.203 e. The van der Waals surface area contributed by atoms with E-state index in [1.54, 1.807) is 31.2 Å². The van der Waals surface area contributed by atoms with E-state index < -0.39 is 0 Å². The van der Waals surface area contributed by atoms with Crippen molar-refractivity contribution < 1.29 is 19.7 Å². The molecule has 4 nitrogen and oxygen atoms in total. The Morgan fingerprint density at radius 3 is 2.65 bits per heavy atom. The summed E-state index contributed by atoms with van der Waals surface area (Å²) in [6.07, 6.45) is 0. The number of carbonyl (C=O) groups excluding carboxylic acids is 1. The monoisotopic (exact) mass is 292 g/mol. The second kappa shape index (κ2) is 5.84. The van der Waals surface area contributed by atoms with E-state index in [-0.39, 0.29) is 29.5 Å². The molecular weight excluding hydrogens is 280 g/mol. The van der Waals surface area contributed by atoms with E-state index in [0.29, 0.717) is 16.3 Å². The molecule has 0 heterocycles. The number of halogens is 1. The van der Waals surface area contributed by atoms with E-state index in [2.05, 4.69) is 0 Å². The molecule has 0 fully saturated rings. The predicted octanol–water partition coefficient (Wildman–Crippen LogP) is 3.32. The fourth-order valence-corrected chi connectivity index (χ4v) is 1.87. The highest BCUT2D eigenvalue weighted by atomic mass is 35.5. The SMILES string of the molecule is Cc1cc(C(=O)COc2cccc(Cl)c2)c(O)cc1O. The molecule has 0 amide bonds. The van der Waals surface area contributed by atoms with Crippen LogP contribution in [0.3, 0.4) is 0 Å². The molecule has 2 N–H and O–H groups in total. The van der Waals surface area contributed by atoms with Crippen molar-refractivity contribution in [3.05, 3.63) is 52.5 Å². The van der Waals surface area contributed by atoms with Gasteiger partial charge in [-0.05, 0) is 36.8 Å². The molecule has 0 atom stereocenters. The van der Waals surface area contributed by atoms with Gasteiger partial charge in [-0.1, -0.05) is 17.7 Å². The number of rotatable bonds is 4. The number of phenols is 2. The molecule has 0 bridgehead atoms. The highest BCUT2D eigenvalue weighted by Gasteiger charge is 2.14. The summed E-state index contributed by atoms with van der Waals surface area (Å²) in [4.78, 5) is 12.0. The van der Waals surface area contributed by atoms with Crippen LogP contribution in [0.5, 0.6) is 17.2 Å². The maximum atomic E-state index is 12.0. The molecule has 5 heteroatoms. The number of ether oxygens (including phenoxy) is 1. The largest absolute Gasteiger partial charge is 0.508 e. The van der Waals surface area contributed by atoms with Crippen LogP contribution in [0.1, 0.15) is 15.9 Å². The van der Waals surface area contributed by atoms with Crippen molar-refractivity contribution in [3.63, 3.8) is 0 Å². The maximum absolute atomic E-state index is 12.0. The van der Waals surface area contributed by atoms with Crippen molar-refractivity contribution in [2.45, 2.75) is 6.92 Å². The van der Waals surface area contributed by atoms with E-state index in [1.165, 1.54) is 6.07 Å². The van der Waals surface area contributed by atoms with Crippen molar-refractivity contribution in [2.24, 2.45) is 0 Å². The summed E-state index contributed by atoms with van der Waals surface area (Å²) < 4.78 is 5.32. The van der Waals surface area contributed by atoms with Crippen LogP contribution in [0.25, 0.3) is 0 Å². The zero-order valence-corrected chi connectivity index (χ0v) is 11.5. The summed E-state index contributed by atoms with van der Waals surface area (Å²) in [6, 6.07) is 9.25. The first-order valence-corrected chi connectivity index (χ1v) is 6.29. The zero-order valence-electron chi connectivity index (χ0n) is 10.8. The number of phenolic OH excluding ortho intramolecular Hbond substituents is 2.